The van der Waals surface area contributed by atoms with Crippen LogP contribution in [-0.4, -0.2) is 67.6 Å². The second kappa shape index (κ2) is 8.41. The first kappa shape index (κ1) is 16.3. The third-order valence-corrected chi connectivity index (χ3v) is 3.99. The molecule has 0 unspecified atom stereocenters. The van der Waals surface area contributed by atoms with Crippen LogP contribution >= 0.6 is 11.6 Å². The van der Waals surface area contributed by atoms with Gasteiger partial charge in [0.05, 0.1) is 14.2 Å². The number of methoxy groups -OCH3 is 2. The number of hydrogen-bond acceptors (Lipinski definition) is 5. The van der Waals surface area contributed by atoms with Gasteiger partial charge >= 0.3 is 0 Å². The van der Waals surface area contributed by atoms with Crippen LogP contribution in [0.25, 0.3) is 0 Å². The molecule has 5 nitrogen and oxygen atoms in total. The van der Waals surface area contributed by atoms with Crippen molar-refractivity contribution >= 4 is 11.6 Å². The Labute approximate surface area is 131 Å². The molecule has 0 aliphatic carbocycles. The third-order valence-electron chi connectivity index (χ3n) is 3.82. The van der Waals surface area contributed by atoms with Gasteiger partial charge in [0.2, 0.25) is 0 Å². The number of pyridine rings is 1. The Hall–Kier alpha value is -1.04. The Morgan fingerprint density at radius 3 is 2.62 bits per heavy atom. The summed E-state index contributed by atoms with van der Waals surface area (Å²) in [5.41, 5.74) is 0.933. The highest BCUT2D eigenvalue weighted by Gasteiger charge is 2.18. The first-order valence-electron chi connectivity index (χ1n) is 7.35. The first-order chi connectivity index (χ1) is 10.3. The maximum atomic E-state index is 5.83. The Balaban J connectivity index is 2.01. The van der Waals surface area contributed by atoms with E-state index in [-0.39, 0.29) is 0 Å². The van der Waals surface area contributed by atoms with Crippen molar-refractivity contribution in [2.75, 3.05) is 52.8 Å². The lowest BCUT2D eigenvalue weighted by Gasteiger charge is -2.22. The summed E-state index contributed by atoms with van der Waals surface area (Å²) >= 11 is 5.83. The van der Waals surface area contributed by atoms with Crippen LogP contribution in [0.1, 0.15) is 12.1 Å². The van der Waals surface area contributed by atoms with Gasteiger partial charge in [-0.25, -0.2) is 0 Å². The van der Waals surface area contributed by atoms with E-state index >= 15 is 0 Å². The van der Waals surface area contributed by atoms with Gasteiger partial charge in [0.1, 0.15) is 5.69 Å². The number of hydrogen-bond donors (Lipinski definition) is 0. The predicted molar refractivity (Wildman–Crippen MR) is 84.4 cm³/mol. The molecule has 2 heterocycles. The molecular formula is C15H24ClN3O2. The normalized spacial score (nSPS) is 17.5. The van der Waals surface area contributed by atoms with Gasteiger partial charge in [-0.15, -0.1) is 11.6 Å². The second-order valence-electron chi connectivity index (χ2n) is 5.15. The molecule has 0 saturated carbocycles. The van der Waals surface area contributed by atoms with Crippen molar-refractivity contribution in [2.24, 2.45) is 0 Å². The van der Waals surface area contributed by atoms with Crippen LogP contribution in [0.15, 0.2) is 12.3 Å². The average molecular weight is 314 g/mol. The van der Waals surface area contributed by atoms with Crippen molar-refractivity contribution in [3.63, 3.8) is 0 Å². The SMILES string of the molecule is COc1ccnc(CN2CCCN(CCCl)CC2)c1OC. The molecule has 118 valence electrons. The summed E-state index contributed by atoms with van der Waals surface area (Å²) < 4.78 is 10.8. The second-order valence-corrected chi connectivity index (χ2v) is 5.53. The number of rotatable bonds is 6. The molecule has 1 aliphatic rings. The molecule has 0 spiro atoms. The van der Waals surface area contributed by atoms with Gasteiger partial charge < -0.3 is 14.4 Å². The summed E-state index contributed by atoms with van der Waals surface area (Å²) in [7, 11) is 3.31. The largest absolute Gasteiger partial charge is 0.493 e. The lowest BCUT2D eigenvalue weighted by molar-refractivity contribution is 0.251. The molecule has 2 rings (SSSR count). The summed E-state index contributed by atoms with van der Waals surface area (Å²) in [6.45, 7) is 6.02. The molecule has 0 amide bonds. The molecule has 1 aromatic rings. The van der Waals surface area contributed by atoms with Crippen molar-refractivity contribution in [1.29, 1.82) is 0 Å². The van der Waals surface area contributed by atoms with Crippen LogP contribution in [0.3, 0.4) is 0 Å². The van der Waals surface area contributed by atoms with Gasteiger partial charge in [0.25, 0.3) is 0 Å². The van der Waals surface area contributed by atoms with Crippen LogP contribution in [0.4, 0.5) is 0 Å². The fourth-order valence-electron chi connectivity index (χ4n) is 2.70. The van der Waals surface area contributed by atoms with Crippen LogP contribution in [0.2, 0.25) is 0 Å². The third kappa shape index (κ3) is 4.46. The predicted octanol–water partition coefficient (Wildman–Crippen LogP) is 1.85. The van der Waals surface area contributed by atoms with E-state index in [1.165, 1.54) is 0 Å². The van der Waals surface area contributed by atoms with Gasteiger partial charge in [0.15, 0.2) is 11.5 Å². The summed E-state index contributed by atoms with van der Waals surface area (Å²) in [6.07, 6.45) is 2.93. The van der Waals surface area contributed by atoms with E-state index in [1.54, 1.807) is 20.4 Å². The smallest absolute Gasteiger partial charge is 0.183 e. The van der Waals surface area contributed by atoms with E-state index < -0.39 is 0 Å². The zero-order valence-corrected chi connectivity index (χ0v) is 13.6. The number of halogens is 1. The topological polar surface area (TPSA) is 37.8 Å². The van der Waals surface area contributed by atoms with Gasteiger partial charge in [0, 0.05) is 44.3 Å². The van der Waals surface area contributed by atoms with Gasteiger partial charge in [-0.3, -0.25) is 9.88 Å². The van der Waals surface area contributed by atoms with E-state index in [0.717, 1.165) is 62.9 Å². The van der Waals surface area contributed by atoms with Crippen molar-refractivity contribution in [3.05, 3.63) is 18.0 Å². The number of aromatic nitrogens is 1. The quantitative estimate of drug-likeness (QED) is 0.749. The molecule has 21 heavy (non-hydrogen) atoms. The molecule has 0 radical (unpaired) electrons. The zero-order chi connectivity index (χ0) is 15.1. The first-order valence-corrected chi connectivity index (χ1v) is 7.88. The number of nitrogens with zero attached hydrogens (tertiary/aromatic N) is 3. The molecule has 0 N–H and O–H groups in total. The Bertz CT molecular complexity index is 445. The average Bonchev–Trinajstić information content (AvgIpc) is 2.73. The van der Waals surface area contributed by atoms with Gasteiger partial charge in [-0.2, -0.15) is 0 Å². The minimum absolute atomic E-state index is 0.700. The summed E-state index contributed by atoms with van der Waals surface area (Å²) in [4.78, 5) is 9.29. The lowest BCUT2D eigenvalue weighted by atomic mass is 10.2. The van der Waals surface area contributed by atoms with Crippen molar-refractivity contribution in [3.8, 4) is 11.5 Å². The van der Waals surface area contributed by atoms with E-state index in [2.05, 4.69) is 14.8 Å². The minimum atomic E-state index is 0.700. The van der Waals surface area contributed by atoms with Crippen LogP contribution in [0.5, 0.6) is 11.5 Å². The van der Waals surface area contributed by atoms with Gasteiger partial charge in [-0.1, -0.05) is 0 Å². The fourth-order valence-corrected chi connectivity index (χ4v) is 2.94. The molecule has 0 bridgehead atoms. The minimum Gasteiger partial charge on any atom is -0.493 e. The Morgan fingerprint density at radius 2 is 1.90 bits per heavy atom. The van der Waals surface area contributed by atoms with E-state index in [0.29, 0.717) is 5.88 Å². The molecule has 1 aliphatic heterocycles. The van der Waals surface area contributed by atoms with Crippen molar-refractivity contribution in [1.82, 2.24) is 14.8 Å². The van der Waals surface area contributed by atoms with Crippen molar-refractivity contribution in [2.45, 2.75) is 13.0 Å². The molecule has 0 aromatic carbocycles. The highest BCUT2D eigenvalue weighted by molar-refractivity contribution is 6.18. The Morgan fingerprint density at radius 1 is 1.14 bits per heavy atom. The molecule has 1 fully saturated rings. The lowest BCUT2D eigenvalue weighted by Crippen LogP contribution is -2.31. The molecular weight excluding hydrogens is 290 g/mol. The molecule has 0 atom stereocenters. The van der Waals surface area contributed by atoms with E-state index in [9.17, 15) is 0 Å². The standard InChI is InChI=1S/C15H24ClN3O2/c1-20-14-4-6-17-13(15(14)21-2)12-19-8-3-7-18(9-5-16)10-11-19/h4,6H,3,5,7-12H2,1-2H3. The van der Waals surface area contributed by atoms with Crippen LogP contribution < -0.4 is 9.47 Å². The van der Waals surface area contributed by atoms with Gasteiger partial charge in [-0.05, 0) is 19.5 Å². The van der Waals surface area contributed by atoms with E-state index in [1.807, 2.05) is 6.07 Å². The monoisotopic (exact) mass is 313 g/mol. The summed E-state index contributed by atoms with van der Waals surface area (Å²) in [5, 5.41) is 0. The van der Waals surface area contributed by atoms with Crippen LogP contribution in [0, 0.1) is 0 Å². The zero-order valence-electron chi connectivity index (χ0n) is 12.8. The van der Waals surface area contributed by atoms with Crippen LogP contribution in [-0.2, 0) is 6.54 Å². The van der Waals surface area contributed by atoms with E-state index in [4.69, 9.17) is 21.1 Å². The highest BCUT2D eigenvalue weighted by atomic mass is 35.5. The Kier molecular flexibility index (Phi) is 6.54. The number of alkyl halides is 1. The highest BCUT2D eigenvalue weighted by Crippen LogP contribution is 2.29. The maximum absolute atomic E-state index is 5.83. The van der Waals surface area contributed by atoms with Crippen molar-refractivity contribution < 1.29 is 9.47 Å². The number of ether oxygens (including phenoxy) is 2. The molecule has 1 aromatic heterocycles. The molecule has 1 saturated heterocycles. The molecule has 6 heteroatoms. The summed E-state index contributed by atoms with van der Waals surface area (Å²) in [5.74, 6) is 2.17. The fraction of sp³-hybridized carbons (Fsp3) is 0.667. The maximum Gasteiger partial charge on any atom is 0.183 e. The summed E-state index contributed by atoms with van der Waals surface area (Å²) in [6, 6.07) is 1.83.